The summed E-state index contributed by atoms with van der Waals surface area (Å²) in [6, 6.07) is 8.34. The third-order valence-electron chi connectivity index (χ3n) is 3.52. The predicted octanol–water partition coefficient (Wildman–Crippen LogP) is 2.51. The van der Waals surface area contributed by atoms with Gasteiger partial charge in [0.15, 0.2) is 0 Å². The van der Waals surface area contributed by atoms with E-state index < -0.39 is 0 Å². The molecule has 2 aromatic heterocycles. The smallest absolute Gasteiger partial charge is 0.122 e. The molecule has 1 aliphatic rings. The van der Waals surface area contributed by atoms with E-state index in [-0.39, 0.29) is 0 Å². The fourth-order valence-corrected chi connectivity index (χ4v) is 3.55. The average Bonchev–Trinajstić information content (AvgIpc) is 3.03. The molecule has 96 valence electrons. The molecule has 0 bridgehead atoms. The predicted molar refractivity (Wildman–Crippen MR) is 76.0 cm³/mol. The first-order valence-corrected chi connectivity index (χ1v) is 7.27. The van der Waals surface area contributed by atoms with E-state index >= 15 is 0 Å². The monoisotopic (exact) mass is 270 g/mol. The van der Waals surface area contributed by atoms with E-state index in [9.17, 15) is 0 Å². The topological polar surface area (TPSA) is 34.0 Å². The number of hydrogen-bond donors (Lipinski definition) is 0. The summed E-state index contributed by atoms with van der Waals surface area (Å²) in [5.41, 5.74) is 1.11. The SMILES string of the molecule is c1ccc2sc(CN3CCn4ccnc4C3)nc2c1. The van der Waals surface area contributed by atoms with Crippen LogP contribution in [0.1, 0.15) is 10.8 Å². The Morgan fingerprint density at radius 1 is 1.21 bits per heavy atom. The van der Waals surface area contributed by atoms with Crippen molar-refractivity contribution in [2.24, 2.45) is 0 Å². The summed E-state index contributed by atoms with van der Waals surface area (Å²) < 4.78 is 3.51. The highest BCUT2D eigenvalue weighted by Gasteiger charge is 2.17. The summed E-state index contributed by atoms with van der Waals surface area (Å²) >= 11 is 1.79. The Labute approximate surface area is 115 Å². The minimum atomic E-state index is 0.920. The van der Waals surface area contributed by atoms with Gasteiger partial charge in [-0.25, -0.2) is 9.97 Å². The molecular weight excluding hydrogens is 256 g/mol. The van der Waals surface area contributed by atoms with E-state index in [0.717, 1.165) is 37.5 Å². The van der Waals surface area contributed by atoms with Crippen molar-refractivity contribution in [1.82, 2.24) is 19.4 Å². The van der Waals surface area contributed by atoms with Gasteiger partial charge in [-0.3, -0.25) is 4.90 Å². The van der Waals surface area contributed by atoms with Crippen molar-refractivity contribution in [3.05, 3.63) is 47.5 Å². The highest BCUT2D eigenvalue weighted by atomic mass is 32.1. The minimum absolute atomic E-state index is 0.920. The molecular formula is C14H14N4S. The summed E-state index contributed by atoms with van der Waals surface area (Å²) in [5.74, 6) is 1.16. The number of thiazole rings is 1. The molecule has 0 fully saturated rings. The highest BCUT2D eigenvalue weighted by Crippen LogP contribution is 2.23. The number of rotatable bonds is 2. The Hall–Kier alpha value is -1.72. The maximum Gasteiger partial charge on any atom is 0.122 e. The highest BCUT2D eigenvalue weighted by molar-refractivity contribution is 7.18. The van der Waals surface area contributed by atoms with Gasteiger partial charge in [0.2, 0.25) is 0 Å². The van der Waals surface area contributed by atoms with Gasteiger partial charge in [0.25, 0.3) is 0 Å². The zero-order chi connectivity index (χ0) is 12.7. The van der Waals surface area contributed by atoms with E-state index in [1.165, 1.54) is 9.71 Å². The van der Waals surface area contributed by atoms with Gasteiger partial charge >= 0.3 is 0 Å². The number of benzene rings is 1. The molecule has 0 radical (unpaired) electrons. The second kappa shape index (κ2) is 4.43. The molecule has 0 N–H and O–H groups in total. The Morgan fingerprint density at radius 2 is 2.16 bits per heavy atom. The number of imidazole rings is 1. The third-order valence-corrected chi connectivity index (χ3v) is 4.54. The van der Waals surface area contributed by atoms with Crippen LogP contribution in [-0.2, 0) is 19.6 Å². The van der Waals surface area contributed by atoms with Crippen LogP contribution >= 0.6 is 11.3 Å². The van der Waals surface area contributed by atoms with Crippen LogP contribution in [0.5, 0.6) is 0 Å². The van der Waals surface area contributed by atoms with Crippen LogP contribution in [-0.4, -0.2) is 26.0 Å². The van der Waals surface area contributed by atoms with Crippen LogP contribution in [0.3, 0.4) is 0 Å². The first-order valence-electron chi connectivity index (χ1n) is 6.45. The molecule has 5 heteroatoms. The van der Waals surface area contributed by atoms with Gasteiger partial charge < -0.3 is 4.57 Å². The lowest BCUT2D eigenvalue weighted by Crippen LogP contribution is -2.33. The Morgan fingerprint density at radius 3 is 3.11 bits per heavy atom. The number of hydrogen-bond acceptors (Lipinski definition) is 4. The lowest BCUT2D eigenvalue weighted by Gasteiger charge is -2.26. The van der Waals surface area contributed by atoms with Crippen LogP contribution < -0.4 is 0 Å². The van der Waals surface area contributed by atoms with Crippen LogP contribution in [0.15, 0.2) is 36.7 Å². The number of nitrogens with zero attached hydrogens (tertiary/aromatic N) is 4. The van der Waals surface area contributed by atoms with Crippen molar-refractivity contribution < 1.29 is 0 Å². The van der Waals surface area contributed by atoms with Crippen LogP contribution in [0.25, 0.3) is 10.2 Å². The van der Waals surface area contributed by atoms with Crippen molar-refractivity contribution in [2.45, 2.75) is 19.6 Å². The molecule has 0 unspecified atom stereocenters. The zero-order valence-corrected chi connectivity index (χ0v) is 11.3. The van der Waals surface area contributed by atoms with Crippen LogP contribution in [0, 0.1) is 0 Å². The quantitative estimate of drug-likeness (QED) is 0.717. The molecule has 4 rings (SSSR count). The molecule has 1 aliphatic heterocycles. The molecule has 0 atom stereocenters. The van der Waals surface area contributed by atoms with E-state index in [1.807, 2.05) is 12.3 Å². The molecule has 0 saturated carbocycles. The first-order chi connectivity index (χ1) is 9.38. The van der Waals surface area contributed by atoms with Gasteiger partial charge in [-0.2, -0.15) is 0 Å². The van der Waals surface area contributed by atoms with Crippen LogP contribution in [0.2, 0.25) is 0 Å². The van der Waals surface area contributed by atoms with Gasteiger partial charge in [-0.05, 0) is 12.1 Å². The molecule has 19 heavy (non-hydrogen) atoms. The number of aromatic nitrogens is 3. The maximum atomic E-state index is 4.70. The summed E-state index contributed by atoms with van der Waals surface area (Å²) in [6.45, 7) is 3.94. The lowest BCUT2D eigenvalue weighted by atomic mass is 10.3. The van der Waals surface area contributed by atoms with Gasteiger partial charge in [-0.1, -0.05) is 12.1 Å². The first kappa shape index (κ1) is 11.1. The van der Waals surface area contributed by atoms with E-state index in [4.69, 9.17) is 4.98 Å². The van der Waals surface area contributed by atoms with Gasteiger partial charge in [0.1, 0.15) is 10.8 Å². The Kier molecular flexibility index (Phi) is 2.60. The average molecular weight is 270 g/mol. The Balaban J connectivity index is 1.55. The van der Waals surface area contributed by atoms with Crippen molar-refractivity contribution >= 4 is 21.6 Å². The largest absolute Gasteiger partial charge is 0.333 e. The molecule has 3 aromatic rings. The standard InChI is InChI=1S/C14H14N4S/c1-2-4-12-11(3-1)16-14(19-12)10-17-7-8-18-6-5-15-13(18)9-17/h1-6H,7-10H2. The fourth-order valence-electron chi connectivity index (χ4n) is 2.54. The zero-order valence-electron chi connectivity index (χ0n) is 10.5. The molecule has 3 heterocycles. The van der Waals surface area contributed by atoms with Crippen molar-refractivity contribution in [3.63, 3.8) is 0 Å². The van der Waals surface area contributed by atoms with Crippen molar-refractivity contribution in [3.8, 4) is 0 Å². The molecule has 4 nitrogen and oxygen atoms in total. The molecule has 0 amide bonds. The van der Waals surface area contributed by atoms with Gasteiger partial charge in [-0.15, -0.1) is 11.3 Å². The van der Waals surface area contributed by atoms with E-state index in [1.54, 1.807) is 11.3 Å². The maximum absolute atomic E-state index is 4.70. The molecule has 0 spiro atoms. The molecule has 0 saturated heterocycles. The lowest BCUT2D eigenvalue weighted by molar-refractivity contribution is 0.209. The fraction of sp³-hybridized carbons (Fsp3) is 0.286. The van der Waals surface area contributed by atoms with Gasteiger partial charge in [0.05, 0.1) is 23.3 Å². The summed E-state index contributed by atoms with van der Waals surface area (Å²) in [7, 11) is 0. The number of fused-ring (bicyclic) bond motifs is 2. The Bertz CT molecular complexity index is 682. The summed E-state index contributed by atoms with van der Waals surface area (Å²) in [6.07, 6.45) is 3.95. The number of para-hydroxylation sites is 1. The van der Waals surface area contributed by atoms with Crippen molar-refractivity contribution in [1.29, 1.82) is 0 Å². The second-order valence-corrected chi connectivity index (χ2v) is 5.94. The van der Waals surface area contributed by atoms with Gasteiger partial charge in [0, 0.05) is 25.5 Å². The van der Waals surface area contributed by atoms with Crippen LogP contribution in [0.4, 0.5) is 0 Å². The summed E-state index contributed by atoms with van der Waals surface area (Å²) in [5, 5.41) is 1.20. The summed E-state index contributed by atoms with van der Waals surface area (Å²) in [4.78, 5) is 11.5. The minimum Gasteiger partial charge on any atom is -0.333 e. The second-order valence-electron chi connectivity index (χ2n) is 4.82. The van der Waals surface area contributed by atoms with E-state index in [0.29, 0.717) is 0 Å². The third kappa shape index (κ3) is 2.05. The normalized spacial score (nSPS) is 15.8. The van der Waals surface area contributed by atoms with E-state index in [2.05, 4.69) is 38.8 Å². The molecule has 1 aromatic carbocycles. The molecule has 0 aliphatic carbocycles. The van der Waals surface area contributed by atoms with Crippen molar-refractivity contribution in [2.75, 3.05) is 6.54 Å².